The predicted octanol–water partition coefficient (Wildman–Crippen LogP) is 4.33. The fourth-order valence-electron chi connectivity index (χ4n) is 2.16. The number of para-hydroxylation sites is 2. The van der Waals surface area contributed by atoms with E-state index >= 15 is 0 Å². The van der Waals surface area contributed by atoms with Gasteiger partial charge >= 0.3 is 0 Å². The Balaban J connectivity index is 2.02. The summed E-state index contributed by atoms with van der Waals surface area (Å²) in [5.74, 6) is 0.397. The van der Waals surface area contributed by atoms with Crippen molar-refractivity contribution in [2.45, 2.75) is 39.7 Å². The predicted molar refractivity (Wildman–Crippen MR) is 97.8 cm³/mol. The second-order valence-corrected chi connectivity index (χ2v) is 5.83. The Labute approximate surface area is 143 Å². The Morgan fingerprint density at radius 2 is 2.00 bits per heavy atom. The summed E-state index contributed by atoms with van der Waals surface area (Å²) >= 11 is 0. The highest BCUT2D eigenvalue weighted by Crippen LogP contribution is 2.25. The molecule has 0 saturated carbocycles. The minimum atomic E-state index is -0.255. The van der Waals surface area contributed by atoms with Gasteiger partial charge < -0.3 is 15.4 Å². The van der Waals surface area contributed by atoms with Crippen molar-refractivity contribution in [2.75, 3.05) is 17.2 Å². The van der Waals surface area contributed by atoms with Gasteiger partial charge in [0.25, 0.3) is 5.91 Å². The summed E-state index contributed by atoms with van der Waals surface area (Å²) in [6, 6.07) is 11.0. The van der Waals surface area contributed by atoms with Crippen molar-refractivity contribution in [1.82, 2.24) is 4.98 Å². The monoisotopic (exact) mass is 327 g/mol. The second-order valence-electron chi connectivity index (χ2n) is 5.83. The SMILES string of the molecule is CCCCNc1ccc(C(=O)Nc2ccccc2OC(C)C)nc1. The lowest BCUT2D eigenvalue weighted by molar-refractivity contribution is 0.102. The summed E-state index contributed by atoms with van der Waals surface area (Å²) in [6.45, 7) is 6.95. The van der Waals surface area contributed by atoms with E-state index in [9.17, 15) is 4.79 Å². The molecule has 2 aromatic rings. The van der Waals surface area contributed by atoms with Crippen LogP contribution < -0.4 is 15.4 Å². The molecule has 5 heteroatoms. The van der Waals surface area contributed by atoms with E-state index in [0.717, 1.165) is 25.1 Å². The molecule has 1 amide bonds. The van der Waals surface area contributed by atoms with E-state index in [1.807, 2.05) is 44.2 Å². The van der Waals surface area contributed by atoms with Crippen molar-refractivity contribution in [1.29, 1.82) is 0 Å². The number of carbonyl (C=O) groups is 1. The molecule has 24 heavy (non-hydrogen) atoms. The van der Waals surface area contributed by atoms with Crippen LogP contribution in [-0.2, 0) is 0 Å². The number of anilines is 2. The molecular formula is C19H25N3O2. The zero-order valence-corrected chi connectivity index (χ0v) is 14.5. The normalized spacial score (nSPS) is 10.5. The van der Waals surface area contributed by atoms with E-state index in [0.29, 0.717) is 17.1 Å². The summed E-state index contributed by atoms with van der Waals surface area (Å²) < 4.78 is 5.71. The van der Waals surface area contributed by atoms with E-state index in [1.54, 1.807) is 12.3 Å². The molecule has 1 aromatic carbocycles. The maximum absolute atomic E-state index is 12.4. The minimum Gasteiger partial charge on any atom is -0.489 e. The zero-order chi connectivity index (χ0) is 17.4. The smallest absolute Gasteiger partial charge is 0.274 e. The number of ether oxygens (including phenoxy) is 1. The third kappa shape index (κ3) is 5.26. The third-order valence-corrected chi connectivity index (χ3v) is 3.35. The summed E-state index contributed by atoms with van der Waals surface area (Å²) in [5, 5.41) is 6.14. The molecule has 0 spiro atoms. The van der Waals surface area contributed by atoms with Gasteiger partial charge in [-0.2, -0.15) is 0 Å². The van der Waals surface area contributed by atoms with Gasteiger partial charge in [0.05, 0.1) is 23.7 Å². The van der Waals surface area contributed by atoms with Gasteiger partial charge in [-0.25, -0.2) is 4.98 Å². The van der Waals surface area contributed by atoms with Crippen molar-refractivity contribution < 1.29 is 9.53 Å². The lowest BCUT2D eigenvalue weighted by Gasteiger charge is -2.14. The van der Waals surface area contributed by atoms with Gasteiger partial charge in [-0.3, -0.25) is 4.79 Å². The van der Waals surface area contributed by atoms with Crippen LogP contribution in [0.5, 0.6) is 5.75 Å². The van der Waals surface area contributed by atoms with Crippen LogP contribution in [0, 0.1) is 0 Å². The average molecular weight is 327 g/mol. The first-order chi connectivity index (χ1) is 11.6. The van der Waals surface area contributed by atoms with Gasteiger partial charge in [0.2, 0.25) is 0 Å². The molecule has 0 radical (unpaired) electrons. The van der Waals surface area contributed by atoms with Crippen molar-refractivity contribution >= 4 is 17.3 Å². The zero-order valence-electron chi connectivity index (χ0n) is 14.5. The number of unbranched alkanes of at least 4 members (excludes halogenated alkanes) is 1. The Morgan fingerprint density at radius 3 is 2.67 bits per heavy atom. The molecule has 0 aliphatic carbocycles. The number of hydrogen-bond acceptors (Lipinski definition) is 4. The standard InChI is InChI=1S/C19H25N3O2/c1-4-5-12-20-15-10-11-17(21-13-15)19(23)22-16-8-6-7-9-18(16)24-14(2)3/h6-11,13-14,20H,4-5,12H2,1-3H3,(H,22,23). The molecule has 0 atom stereocenters. The molecule has 0 aliphatic rings. The first kappa shape index (κ1) is 17.8. The van der Waals surface area contributed by atoms with E-state index in [-0.39, 0.29) is 12.0 Å². The van der Waals surface area contributed by atoms with Gasteiger partial charge in [0.1, 0.15) is 11.4 Å². The number of benzene rings is 1. The number of nitrogens with zero attached hydrogens (tertiary/aromatic N) is 1. The number of aromatic nitrogens is 1. The van der Waals surface area contributed by atoms with Crippen molar-refractivity contribution in [3.63, 3.8) is 0 Å². The minimum absolute atomic E-state index is 0.0367. The molecule has 0 unspecified atom stereocenters. The maximum Gasteiger partial charge on any atom is 0.274 e. The molecule has 2 rings (SSSR count). The van der Waals surface area contributed by atoms with E-state index in [1.165, 1.54) is 0 Å². The molecule has 2 N–H and O–H groups in total. The van der Waals surface area contributed by atoms with Crippen LogP contribution in [0.2, 0.25) is 0 Å². The quantitative estimate of drug-likeness (QED) is 0.708. The van der Waals surface area contributed by atoms with Crippen molar-refractivity contribution in [3.8, 4) is 5.75 Å². The van der Waals surface area contributed by atoms with Gasteiger partial charge in [0.15, 0.2) is 0 Å². The summed E-state index contributed by atoms with van der Waals surface area (Å²) in [5.41, 5.74) is 1.93. The van der Waals surface area contributed by atoms with Gasteiger partial charge in [-0.1, -0.05) is 25.5 Å². The molecule has 1 aromatic heterocycles. The molecule has 1 heterocycles. The van der Waals surface area contributed by atoms with Crippen LogP contribution in [0.3, 0.4) is 0 Å². The van der Waals surface area contributed by atoms with Crippen LogP contribution in [-0.4, -0.2) is 23.5 Å². The number of rotatable bonds is 8. The Morgan fingerprint density at radius 1 is 1.21 bits per heavy atom. The fourth-order valence-corrected chi connectivity index (χ4v) is 2.16. The van der Waals surface area contributed by atoms with Gasteiger partial charge in [0, 0.05) is 6.54 Å². The summed E-state index contributed by atoms with van der Waals surface area (Å²) in [7, 11) is 0. The Hall–Kier alpha value is -2.56. The van der Waals surface area contributed by atoms with Crippen molar-refractivity contribution in [2.24, 2.45) is 0 Å². The van der Waals surface area contributed by atoms with Crippen LogP contribution in [0.15, 0.2) is 42.6 Å². The van der Waals surface area contributed by atoms with E-state index < -0.39 is 0 Å². The number of amides is 1. The molecule has 0 bridgehead atoms. The molecule has 5 nitrogen and oxygen atoms in total. The lowest BCUT2D eigenvalue weighted by atomic mass is 10.2. The van der Waals surface area contributed by atoms with E-state index in [4.69, 9.17) is 4.74 Å². The van der Waals surface area contributed by atoms with Crippen LogP contribution in [0.1, 0.15) is 44.1 Å². The summed E-state index contributed by atoms with van der Waals surface area (Å²) in [6.07, 6.45) is 3.96. The van der Waals surface area contributed by atoms with E-state index in [2.05, 4.69) is 22.5 Å². The number of hydrogen-bond donors (Lipinski definition) is 2. The Kier molecular flexibility index (Phi) is 6.61. The van der Waals surface area contributed by atoms with Gasteiger partial charge in [-0.15, -0.1) is 0 Å². The first-order valence-electron chi connectivity index (χ1n) is 8.37. The van der Waals surface area contributed by atoms with Crippen LogP contribution in [0.25, 0.3) is 0 Å². The number of pyridine rings is 1. The second kappa shape index (κ2) is 8.91. The summed E-state index contributed by atoms with van der Waals surface area (Å²) in [4.78, 5) is 16.6. The highest BCUT2D eigenvalue weighted by atomic mass is 16.5. The third-order valence-electron chi connectivity index (χ3n) is 3.35. The lowest BCUT2D eigenvalue weighted by Crippen LogP contribution is -2.15. The Bertz CT molecular complexity index is 654. The van der Waals surface area contributed by atoms with Crippen LogP contribution >= 0.6 is 0 Å². The average Bonchev–Trinajstić information content (AvgIpc) is 2.57. The fraction of sp³-hybridized carbons (Fsp3) is 0.368. The maximum atomic E-state index is 12.4. The van der Waals surface area contributed by atoms with Gasteiger partial charge in [-0.05, 0) is 44.5 Å². The first-order valence-corrected chi connectivity index (χ1v) is 8.37. The topological polar surface area (TPSA) is 63.2 Å². The molecule has 0 saturated heterocycles. The highest BCUT2D eigenvalue weighted by molar-refractivity contribution is 6.03. The number of nitrogens with one attached hydrogen (secondary N) is 2. The molecular weight excluding hydrogens is 302 g/mol. The molecule has 0 fully saturated rings. The molecule has 128 valence electrons. The van der Waals surface area contributed by atoms with Crippen LogP contribution in [0.4, 0.5) is 11.4 Å². The number of carbonyl (C=O) groups excluding carboxylic acids is 1. The van der Waals surface area contributed by atoms with Crippen molar-refractivity contribution in [3.05, 3.63) is 48.3 Å². The largest absolute Gasteiger partial charge is 0.489 e. The molecule has 0 aliphatic heterocycles. The highest BCUT2D eigenvalue weighted by Gasteiger charge is 2.11.